The fourth-order valence-corrected chi connectivity index (χ4v) is 4.26. The minimum atomic E-state index is 0.196. The Morgan fingerprint density at radius 1 is 1.20 bits per heavy atom. The lowest BCUT2D eigenvalue weighted by Gasteiger charge is -2.48. The van der Waals surface area contributed by atoms with Gasteiger partial charge in [-0.2, -0.15) is 0 Å². The molecule has 1 saturated heterocycles. The van der Waals surface area contributed by atoms with Gasteiger partial charge >= 0.3 is 0 Å². The van der Waals surface area contributed by atoms with Crippen LogP contribution in [0.1, 0.15) is 24.0 Å². The van der Waals surface area contributed by atoms with Gasteiger partial charge in [-0.25, -0.2) is 0 Å². The standard InChI is InChI=1S/C20H31N3O2/c1-21(2)19(24)15-22-10-8-20(9-11-22)16-23(12-13-25-3)14-17-6-4-5-7-18(17)20/h4-7H,8-16H2,1-3H3. The Balaban J connectivity index is 1.73. The summed E-state index contributed by atoms with van der Waals surface area (Å²) in [6.45, 7) is 6.40. The van der Waals surface area contributed by atoms with Crippen LogP contribution < -0.4 is 0 Å². The predicted octanol–water partition coefficient (Wildman–Crippen LogP) is 1.57. The Hall–Kier alpha value is -1.43. The van der Waals surface area contributed by atoms with E-state index in [1.807, 2.05) is 14.1 Å². The molecule has 5 nitrogen and oxygen atoms in total. The average molecular weight is 345 g/mol. The van der Waals surface area contributed by atoms with Crippen molar-refractivity contribution >= 4 is 5.91 Å². The van der Waals surface area contributed by atoms with Crippen molar-refractivity contribution in [2.75, 3.05) is 60.5 Å². The van der Waals surface area contributed by atoms with E-state index in [2.05, 4.69) is 34.1 Å². The second-order valence-corrected chi connectivity index (χ2v) is 7.71. The van der Waals surface area contributed by atoms with E-state index in [0.29, 0.717) is 6.54 Å². The molecule has 25 heavy (non-hydrogen) atoms. The first-order chi connectivity index (χ1) is 12.0. The number of carbonyl (C=O) groups excluding carboxylic acids is 1. The van der Waals surface area contributed by atoms with E-state index in [9.17, 15) is 4.79 Å². The van der Waals surface area contributed by atoms with Crippen molar-refractivity contribution < 1.29 is 9.53 Å². The van der Waals surface area contributed by atoms with Gasteiger partial charge in [0.1, 0.15) is 0 Å². The van der Waals surface area contributed by atoms with Gasteiger partial charge in [0.05, 0.1) is 13.2 Å². The Bertz CT molecular complexity index is 594. The van der Waals surface area contributed by atoms with Crippen LogP contribution in [0.3, 0.4) is 0 Å². The molecule has 2 aliphatic heterocycles. The number of carbonyl (C=O) groups is 1. The summed E-state index contributed by atoms with van der Waals surface area (Å²) < 4.78 is 5.30. The van der Waals surface area contributed by atoms with Gasteiger partial charge in [0.2, 0.25) is 5.91 Å². The molecule has 0 saturated carbocycles. The first-order valence-corrected chi connectivity index (χ1v) is 9.26. The summed E-state index contributed by atoms with van der Waals surface area (Å²) in [7, 11) is 5.44. The van der Waals surface area contributed by atoms with Crippen LogP contribution in [0.2, 0.25) is 0 Å². The fourth-order valence-electron chi connectivity index (χ4n) is 4.26. The van der Waals surface area contributed by atoms with Gasteiger partial charge in [-0.3, -0.25) is 14.6 Å². The van der Waals surface area contributed by atoms with Gasteiger partial charge in [-0.1, -0.05) is 24.3 Å². The van der Waals surface area contributed by atoms with Gasteiger partial charge in [0, 0.05) is 46.3 Å². The highest BCUT2D eigenvalue weighted by molar-refractivity contribution is 5.77. The highest BCUT2D eigenvalue weighted by Gasteiger charge is 2.41. The molecule has 5 heteroatoms. The zero-order valence-electron chi connectivity index (χ0n) is 15.8. The van der Waals surface area contributed by atoms with Crippen LogP contribution in [0, 0.1) is 0 Å². The van der Waals surface area contributed by atoms with Gasteiger partial charge in [-0.15, -0.1) is 0 Å². The molecule has 1 aromatic rings. The molecule has 1 spiro atoms. The lowest BCUT2D eigenvalue weighted by atomic mass is 9.69. The molecule has 0 bridgehead atoms. The van der Waals surface area contributed by atoms with Crippen molar-refractivity contribution in [3.05, 3.63) is 35.4 Å². The number of amides is 1. The van der Waals surface area contributed by atoms with Gasteiger partial charge < -0.3 is 9.64 Å². The third-order valence-corrected chi connectivity index (χ3v) is 5.79. The molecule has 3 rings (SSSR count). The van der Waals surface area contributed by atoms with Gasteiger partial charge in [0.15, 0.2) is 0 Å². The van der Waals surface area contributed by atoms with Crippen molar-refractivity contribution in [1.82, 2.24) is 14.7 Å². The van der Waals surface area contributed by atoms with Crippen molar-refractivity contribution in [3.8, 4) is 0 Å². The Morgan fingerprint density at radius 2 is 1.92 bits per heavy atom. The van der Waals surface area contributed by atoms with Crippen molar-refractivity contribution in [2.24, 2.45) is 0 Å². The second kappa shape index (κ2) is 7.85. The van der Waals surface area contributed by atoms with E-state index in [4.69, 9.17) is 4.74 Å². The van der Waals surface area contributed by atoms with Crippen molar-refractivity contribution in [2.45, 2.75) is 24.8 Å². The van der Waals surface area contributed by atoms with E-state index in [-0.39, 0.29) is 11.3 Å². The first-order valence-electron chi connectivity index (χ1n) is 9.26. The SMILES string of the molecule is COCCN1Cc2ccccc2C2(CCN(CC(=O)N(C)C)CC2)C1. The number of rotatable bonds is 5. The lowest BCUT2D eigenvalue weighted by Crippen LogP contribution is -2.53. The zero-order valence-corrected chi connectivity index (χ0v) is 15.8. The van der Waals surface area contributed by atoms with Gasteiger partial charge in [0.25, 0.3) is 0 Å². The molecule has 0 aromatic heterocycles. The van der Waals surface area contributed by atoms with Crippen molar-refractivity contribution in [1.29, 1.82) is 0 Å². The summed E-state index contributed by atoms with van der Waals surface area (Å²) in [6.07, 6.45) is 2.24. The number of ether oxygens (including phenoxy) is 1. The average Bonchev–Trinajstić information content (AvgIpc) is 2.62. The molecule has 1 amide bonds. The maximum Gasteiger partial charge on any atom is 0.236 e. The molecule has 0 radical (unpaired) electrons. The highest BCUT2D eigenvalue weighted by atomic mass is 16.5. The number of nitrogens with zero attached hydrogens (tertiary/aromatic N) is 3. The number of likely N-dealkylation sites (N-methyl/N-ethyl adjacent to an activating group) is 1. The molecule has 1 aromatic carbocycles. The van der Waals surface area contributed by atoms with Crippen LogP contribution in [0.25, 0.3) is 0 Å². The molecule has 0 atom stereocenters. The lowest BCUT2D eigenvalue weighted by molar-refractivity contribution is -0.130. The largest absolute Gasteiger partial charge is 0.383 e. The minimum Gasteiger partial charge on any atom is -0.383 e. The van der Waals surface area contributed by atoms with E-state index >= 15 is 0 Å². The quantitative estimate of drug-likeness (QED) is 0.812. The summed E-state index contributed by atoms with van der Waals surface area (Å²) in [5, 5.41) is 0. The summed E-state index contributed by atoms with van der Waals surface area (Å²) in [5.41, 5.74) is 3.21. The normalized spacial score (nSPS) is 20.4. The number of methoxy groups -OCH3 is 1. The molecule has 138 valence electrons. The molecular formula is C20H31N3O2. The monoisotopic (exact) mass is 345 g/mol. The smallest absolute Gasteiger partial charge is 0.236 e. The predicted molar refractivity (Wildman–Crippen MR) is 99.6 cm³/mol. The summed E-state index contributed by atoms with van der Waals surface area (Å²) in [4.78, 5) is 18.5. The van der Waals surface area contributed by atoms with E-state index in [1.54, 1.807) is 12.0 Å². The van der Waals surface area contributed by atoms with Crippen LogP contribution in [0.15, 0.2) is 24.3 Å². The topological polar surface area (TPSA) is 36.0 Å². The maximum atomic E-state index is 12.0. The highest BCUT2D eigenvalue weighted by Crippen LogP contribution is 2.41. The molecule has 0 N–H and O–H groups in total. The fraction of sp³-hybridized carbons (Fsp3) is 0.650. The number of hydrogen-bond donors (Lipinski definition) is 0. The molecule has 0 unspecified atom stereocenters. The van der Waals surface area contributed by atoms with Crippen LogP contribution >= 0.6 is 0 Å². The van der Waals surface area contributed by atoms with E-state index < -0.39 is 0 Å². The van der Waals surface area contributed by atoms with E-state index in [1.165, 1.54) is 11.1 Å². The molecule has 1 fully saturated rings. The van der Waals surface area contributed by atoms with Crippen LogP contribution in [-0.2, 0) is 21.5 Å². The maximum absolute atomic E-state index is 12.0. The number of hydrogen-bond acceptors (Lipinski definition) is 4. The number of likely N-dealkylation sites (tertiary alicyclic amines) is 1. The summed E-state index contributed by atoms with van der Waals surface area (Å²) in [6, 6.07) is 8.92. The van der Waals surface area contributed by atoms with Crippen LogP contribution in [0.4, 0.5) is 0 Å². The Morgan fingerprint density at radius 3 is 2.60 bits per heavy atom. The third kappa shape index (κ3) is 4.05. The molecule has 0 aliphatic carbocycles. The zero-order chi connectivity index (χ0) is 17.9. The van der Waals surface area contributed by atoms with Crippen LogP contribution in [-0.4, -0.2) is 81.1 Å². The molecule has 2 heterocycles. The third-order valence-electron chi connectivity index (χ3n) is 5.79. The molecular weight excluding hydrogens is 314 g/mol. The minimum absolute atomic E-state index is 0.196. The van der Waals surface area contributed by atoms with E-state index in [0.717, 1.165) is 52.2 Å². The summed E-state index contributed by atoms with van der Waals surface area (Å²) in [5.74, 6) is 0.196. The number of fused-ring (bicyclic) bond motifs is 2. The second-order valence-electron chi connectivity index (χ2n) is 7.71. The summed E-state index contributed by atoms with van der Waals surface area (Å²) >= 11 is 0. The number of benzene rings is 1. The first kappa shape index (κ1) is 18.4. The molecule has 2 aliphatic rings. The van der Waals surface area contributed by atoms with Crippen LogP contribution in [0.5, 0.6) is 0 Å². The Kier molecular flexibility index (Phi) is 5.77. The van der Waals surface area contributed by atoms with Crippen molar-refractivity contribution in [3.63, 3.8) is 0 Å². The van der Waals surface area contributed by atoms with Gasteiger partial charge in [-0.05, 0) is 37.1 Å². The number of piperidine rings is 1. The Labute approximate surface area is 151 Å².